The number of carbonyl (C=O) groups excluding carboxylic acids is 1. The first-order valence-corrected chi connectivity index (χ1v) is 9.01. The Kier molecular flexibility index (Phi) is 3.89. The number of fused-ring (bicyclic) bond motifs is 2. The molecule has 26 heavy (non-hydrogen) atoms. The van der Waals surface area contributed by atoms with Crippen LogP contribution in [-0.4, -0.2) is 47.8 Å². The van der Waals surface area contributed by atoms with Crippen LogP contribution >= 0.6 is 0 Å². The summed E-state index contributed by atoms with van der Waals surface area (Å²) < 4.78 is 6.37. The highest BCUT2D eigenvalue weighted by Gasteiger charge is 2.43. The van der Waals surface area contributed by atoms with E-state index < -0.39 is 5.60 Å². The fraction of sp³-hybridized carbons (Fsp3) is 0.526. The zero-order valence-corrected chi connectivity index (χ0v) is 15.4. The molecule has 4 rings (SSSR count). The van der Waals surface area contributed by atoms with Gasteiger partial charge in [-0.25, -0.2) is 9.78 Å². The van der Waals surface area contributed by atoms with Gasteiger partial charge in [0.2, 0.25) is 5.52 Å². The lowest BCUT2D eigenvalue weighted by Gasteiger charge is -2.26. The average molecular weight is 356 g/mol. The normalized spacial score (nSPS) is 22.7. The Balaban J connectivity index is 1.49. The number of amides is 1. The Morgan fingerprint density at radius 1 is 1.23 bits per heavy atom. The third-order valence-corrected chi connectivity index (χ3v) is 5.11. The van der Waals surface area contributed by atoms with E-state index in [0.717, 1.165) is 29.0 Å². The minimum absolute atomic E-state index is 0.228. The third kappa shape index (κ3) is 3.02. The molecule has 2 fully saturated rings. The first-order valence-electron chi connectivity index (χ1n) is 9.01. The number of pyridine rings is 2. The molecule has 2 aliphatic rings. The predicted octanol–water partition coefficient (Wildman–Crippen LogP) is 2.17. The smallest absolute Gasteiger partial charge is 0.410 e. The molecule has 2 saturated heterocycles. The van der Waals surface area contributed by atoms with E-state index in [4.69, 9.17) is 4.74 Å². The Morgan fingerprint density at radius 3 is 2.58 bits per heavy atom. The molecule has 2 aromatic rings. The molecule has 0 bridgehead atoms. The first kappa shape index (κ1) is 16.9. The van der Waals surface area contributed by atoms with E-state index in [1.165, 1.54) is 6.20 Å². The van der Waals surface area contributed by atoms with E-state index in [1.807, 2.05) is 31.7 Å². The van der Waals surface area contributed by atoms with Crippen LogP contribution in [0.2, 0.25) is 0 Å². The number of hydrogen-bond acceptors (Lipinski definition) is 5. The Morgan fingerprint density at radius 2 is 1.92 bits per heavy atom. The first-order chi connectivity index (χ1) is 12.3. The molecule has 2 aliphatic heterocycles. The van der Waals surface area contributed by atoms with Crippen molar-refractivity contribution in [2.45, 2.75) is 26.4 Å². The van der Waals surface area contributed by atoms with Crippen LogP contribution in [0.3, 0.4) is 0 Å². The zero-order chi connectivity index (χ0) is 18.5. The molecule has 7 nitrogen and oxygen atoms in total. The highest BCUT2D eigenvalue weighted by molar-refractivity contribution is 5.87. The van der Waals surface area contributed by atoms with Crippen LogP contribution in [0.15, 0.2) is 30.6 Å². The van der Waals surface area contributed by atoms with Gasteiger partial charge in [0.25, 0.3) is 0 Å². The fourth-order valence-electron chi connectivity index (χ4n) is 4.00. The topological polar surface area (TPSA) is 72.6 Å². The van der Waals surface area contributed by atoms with Crippen LogP contribution in [0.4, 0.5) is 10.6 Å². The molecule has 0 saturated carbocycles. The van der Waals surface area contributed by atoms with Crippen LogP contribution in [0.1, 0.15) is 20.8 Å². The molecule has 2 unspecified atom stereocenters. The molecule has 0 aliphatic carbocycles. The number of nitrogens with zero attached hydrogens (tertiary/aromatic N) is 4. The molecular weight excluding hydrogens is 332 g/mol. The molecule has 4 heterocycles. The maximum Gasteiger partial charge on any atom is 0.410 e. The Labute approximate surface area is 152 Å². The van der Waals surface area contributed by atoms with E-state index >= 15 is 0 Å². The molecule has 2 aromatic heterocycles. The lowest BCUT2D eigenvalue weighted by atomic mass is 10.0. The van der Waals surface area contributed by atoms with Crippen molar-refractivity contribution in [2.75, 3.05) is 31.1 Å². The summed E-state index contributed by atoms with van der Waals surface area (Å²) in [5, 5.41) is 12.9. The monoisotopic (exact) mass is 356 g/mol. The van der Waals surface area contributed by atoms with E-state index in [0.29, 0.717) is 30.4 Å². The van der Waals surface area contributed by atoms with Crippen molar-refractivity contribution < 1.29 is 14.3 Å². The van der Waals surface area contributed by atoms with Crippen LogP contribution in [0.5, 0.6) is 0 Å². The van der Waals surface area contributed by atoms with E-state index in [9.17, 15) is 10.0 Å². The predicted molar refractivity (Wildman–Crippen MR) is 97.7 cm³/mol. The minimum Gasteiger partial charge on any atom is -0.618 e. The maximum atomic E-state index is 12.3. The van der Waals surface area contributed by atoms with E-state index in [2.05, 4.69) is 9.88 Å². The number of rotatable bonds is 1. The molecule has 2 atom stereocenters. The molecule has 138 valence electrons. The van der Waals surface area contributed by atoms with E-state index in [-0.39, 0.29) is 6.09 Å². The molecule has 0 N–H and O–H groups in total. The second-order valence-corrected chi connectivity index (χ2v) is 8.21. The average Bonchev–Trinajstić information content (AvgIpc) is 3.12. The van der Waals surface area contributed by atoms with Crippen LogP contribution < -0.4 is 9.63 Å². The maximum absolute atomic E-state index is 12.3. The second kappa shape index (κ2) is 6.00. The highest BCUT2D eigenvalue weighted by atomic mass is 16.6. The number of carbonyl (C=O) groups is 1. The summed E-state index contributed by atoms with van der Waals surface area (Å²) in [4.78, 5) is 20.9. The van der Waals surface area contributed by atoms with Gasteiger partial charge in [0.1, 0.15) is 11.4 Å². The number of aromatic nitrogens is 2. The summed E-state index contributed by atoms with van der Waals surface area (Å²) >= 11 is 0. The molecule has 1 amide bonds. The van der Waals surface area contributed by atoms with Gasteiger partial charge in [-0.05, 0) is 26.8 Å². The zero-order valence-electron chi connectivity index (χ0n) is 15.4. The number of ether oxygens (including phenoxy) is 1. The molecular formula is C19H24N4O3. The van der Waals surface area contributed by atoms with Crippen molar-refractivity contribution >= 4 is 22.8 Å². The van der Waals surface area contributed by atoms with Gasteiger partial charge in [0.15, 0.2) is 6.20 Å². The van der Waals surface area contributed by atoms with Gasteiger partial charge in [-0.1, -0.05) is 0 Å². The van der Waals surface area contributed by atoms with Crippen molar-refractivity contribution in [1.29, 1.82) is 0 Å². The van der Waals surface area contributed by atoms with Gasteiger partial charge in [-0.2, -0.15) is 4.73 Å². The largest absolute Gasteiger partial charge is 0.618 e. The van der Waals surface area contributed by atoms with Crippen molar-refractivity contribution in [3.63, 3.8) is 0 Å². The van der Waals surface area contributed by atoms with Crippen molar-refractivity contribution in [2.24, 2.45) is 11.8 Å². The summed E-state index contributed by atoms with van der Waals surface area (Å²) in [5.41, 5.74) is 0.159. The highest BCUT2D eigenvalue weighted by Crippen LogP contribution is 2.35. The van der Waals surface area contributed by atoms with Gasteiger partial charge in [0, 0.05) is 56.3 Å². The van der Waals surface area contributed by atoms with Crippen LogP contribution in [0.25, 0.3) is 10.9 Å². The number of hydrogen-bond donors (Lipinski definition) is 0. The van der Waals surface area contributed by atoms with Crippen molar-refractivity contribution in [1.82, 2.24) is 9.88 Å². The lowest BCUT2D eigenvalue weighted by Crippen LogP contribution is -2.37. The van der Waals surface area contributed by atoms with Crippen molar-refractivity contribution in [3.8, 4) is 0 Å². The molecule has 0 radical (unpaired) electrons. The Bertz CT molecular complexity index is 834. The Hall–Kier alpha value is -2.57. The molecule has 0 aromatic carbocycles. The van der Waals surface area contributed by atoms with Gasteiger partial charge >= 0.3 is 6.09 Å². The fourth-order valence-corrected chi connectivity index (χ4v) is 4.00. The van der Waals surface area contributed by atoms with Crippen molar-refractivity contribution in [3.05, 3.63) is 35.8 Å². The summed E-state index contributed by atoms with van der Waals surface area (Å²) in [7, 11) is 0. The van der Waals surface area contributed by atoms with Crippen LogP contribution in [-0.2, 0) is 4.74 Å². The van der Waals surface area contributed by atoms with Gasteiger partial charge in [-0.3, -0.25) is 0 Å². The summed E-state index contributed by atoms with van der Waals surface area (Å²) in [6, 6.07) is 5.43. The van der Waals surface area contributed by atoms with Gasteiger partial charge in [0.05, 0.1) is 5.39 Å². The summed E-state index contributed by atoms with van der Waals surface area (Å²) in [6.45, 7) is 8.76. The lowest BCUT2D eigenvalue weighted by molar-refractivity contribution is -0.577. The standard InChI is InChI=1S/C19H24N4O3/c1-19(2,3)26-18(24)22-11-13-9-21(10-14(13)12-22)17-15-5-4-8-23(25)16(15)6-7-20-17/h4-8,13-14H,9-12H2,1-3H3. The van der Waals surface area contributed by atoms with E-state index in [1.54, 1.807) is 18.3 Å². The quantitative estimate of drug-likeness (QED) is 0.578. The van der Waals surface area contributed by atoms with Crippen LogP contribution in [0, 0.1) is 17.0 Å². The second-order valence-electron chi connectivity index (χ2n) is 8.21. The number of anilines is 1. The third-order valence-electron chi connectivity index (χ3n) is 5.11. The molecule has 7 heteroatoms. The number of likely N-dealkylation sites (tertiary alicyclic amines) is 1. The summed E-state index contributed by atoms with van der Waals surface area (Å²) in [5.74, 6) is 1.66. The van der Waals surface area contributed by atoms with Gasteiger partial charge in [-0.15, -0.1) is 0 Å². The van der Waals surface area contributed by atoms with Gasteiger partial charge < -0.3 is 19.7 Å². The SMILES string of the molecule is CC(C)(C)OC(=O)N1CC2CN(c3nccc4c3ccc[n+]4[O-])CC2C1. The summed E-state index contributed by atoms with van der Waals surface area (Å²) in [6.07, 6.45) is 2.96. The minimum atomic E-state index is -0.471. The molecule has 0 spiro atoms.